The van der Waals surface area contributed by atoms with Crippen molar-refractivity contribution in [3.63, 3.8) is 0 Å². The van der Waals surface area contributed by atoms with Crippen LogP contribution in [-0.2, 0) is 11.0 Å². The van der Waals surface area contributed by atoms with E-state index in [9.17, 15) is 18.0 Å². The van der Waals surface area contributed by atoms with E-state index >= 15 is 0 Å². The molecule has 132 valence electrons. The van der Waals surface area contributed by atoms with Crippen LogP contribution in [0.15, 0.2) is 24.4 Å². The van der Waals surface area contributed by atoms with Gasteiger partial charge in [-0.1, -0.05) is 23.2 Å². The van der Waals surface area contributed by atoms with Crippen LogP contribution in [0.1, 0.15) is 16.8 Å². The molecule has 0 unspecified atom stereocenters. The number of carboxylic acids is 1. The van der Waals surface area contributed by atoms with Gasteiger partial charge in [-0.3, -0.25) is 0 Å². The molecule has 1 N–H and O–H groups in total. The maximum Gasteiger partial charge on any atom is 0.416 e. The maximum absolute atomic E-state index is 12.8. The first kappa shape index (κ1) is 20.8. The molecular formula is C14H6Cl3F3N3O2-. The first-order valence-electron chi connectivity index (χ1n) is 6.11. The van der Waals surface area contributed by atoms with Crippen molar-refractivity contribution in [1.82, 2.24) is 9.78 Å². The highest BCUT2D eigenvalue weighted by Crippen LogP contribution is 2.38. The van der Waals surface area contributed by atoms with Gasteiger partial charge in [-0.25, -0.2) is 9.48 Å². The summed E-state index contributed by atoms with van der Waals surface area (Å²) in [6.07, 6.45) is -1.70. The number of carboxylic acid groups (broad SMARTS) is 1. The molecule has 0 amide bonds. The molecule has 0 atom stereocenters. The highest BCUT2D eigenvalue weighted by molar-refractivity contribution is 6.37. The molecule has 0 aliphatic rings. The summed E-state index contributed by atoms with van der Waals surface area (Å²) in [5.41, 5.74) is -1.13. The van der Waals surface area contributed by atoms with Crippen LogP contribution in [0, 0.1) is 11.3 Å². The van der Waals surface area contributed by atoms with Gasteiger partial charge in [0.2, 0.25) is 0 Å². The van der Waals surface area contributed by atoms with Gasteiger partial charge in [0.25, 0.3) is 0 Å². The Hall–Kier alpha value is -2.21. The molecular weight excluding hydrogens is 406 g/mol. The zero-order chi connectivity index (χ0) is 18.1. The van der Waals surface area contributed by atoms with Crippen LogP contribution < -0.4 is 12.4 Å². The van der Waals surface area contributed by atoms with Gasteiger partial charge in [0.15, 0.2) is 0 Å². The minimum Gasteiger partial charge on any atom is -1.00 e. The van der Waals surface area contributed by atoms with Gasteiger partial charge in [0.1, 0.15) is 11.8 Å². The summed E-state index contributed by atoms with van der Waals surface area (Å²) in [7, 11) is 0. The van der Waals surface area contributed by atoms with Crippen molar-refractivity contribution in [2.75, 3.05) is 0 Å². The van der Waals surface area contributed by atoms with Gasteiger partial charge in [0.05, 0.1) is 33.1 Å². The van der Waals surface area contributed by atoms with Crippen LogP contribution in [0.4, 0.5) is 13.2 Å². The number of rotatable bonds is 3. The second-order valence-corrected chi connectivity index (χ2v) is 5.24. The van der Waals surface area contributed by atoms with E-state index in [0.29, 0.717) is 12.1 Å². The third-order valence-electron chi connectivity index (χ3n) is 2.87. The molecule has 1 aromatic heterocycles. The summed E-state index contributed by atoms with van der Waals surface area (Å²) in [6.45, 7) is 0. The Labute approximate surface area is 155 Å². The highest BCUT2D eigenvalue weighted by Gasteiger charge is 2.32. The molecule has 0 saturated heterocycles. The van der Waals surface area contributed by atoms with Gasteiger partial charge in [-0.2, -0.15) is 23.5 Å². The predicted molar refractivity (Wildman–Crippen MR) is 80.0 cm³/mol. The molecule has 2 aromatic rings. The third-order valence-corrected chi connectivity index (χ3v) is 3.44. The minimum atomic E-state index is -4.64. The SMILES string of the molecule is N#Cc1cnn(-c2c(Cl)cc(C(F)(F)F)cc2Cl)c1C=CC(=O)O.[Cl-]. The number of alkyl halides is 3. The second-order valence-electron chi connectivity index (χ2n) is 4.42. The number of hydrogen-bond acceptors (Lipinski definition) is 3. The molecule has 2 rings (SSSR count). The molecule has 0 saturated carbocycles. The van der Waals surface area contributed by atoms with Crippen LogP contribution in [-0.4, -0.2) is 20.9 Å². The lowest BCUT2D eigenvalue weighted by Crippen LogP contribution is -3.00. The molecule has 0 aliphatic heterocycles. The van der Waals surface area contributed by atoms with Crippen molar-refractivity contribution in [2.45, 2.75) is 6.18 Å². The lowest BCUT2D eigenvalue weighted by atomic mass is 10.2. The number of carbonyl (C=O) groups is 1. The van der Waals surface area contributed by atoms with E-state index in [1.54, 1.807) is 6.07 Å². The standard InChI is InChI=1S/C14H6Cl2F3N3O2.ClH/c15-9-3-8(14(17,18)19)4-10(16)13(9)22-11(1-2-12(23)24)7(5-20)6-21-22;/h1-4,6H,(H,23,24);1H/p-1. The van der Waals surface area contributed by atoms with Crippen LogP contribution in [0.25, 0.3) is 11.8 Å². The zero-order valence-electron chi connectivity index (χ0n) is 11.9. The molecule has 5 nitrogen and oxygen atoms in total. The average molecular weight is 412 g/mol. The molecule has 0 bridgehead atoms. The largest absolute Gasteiger partial charge is 1.00 e. The predicted octanol–water partition coefficient (Wildman–Crippen LogP) is 1.17. The molecule has 11 heteroatoms. The van der Waals surface area contributed by atoms with Crippen LogP contribution in [0.2, 0.25) is 10.0 Å². The van der Waals surface area contributed by atoms with E-state index in [4.69, 9.17) is 33.6 Å². The Balaban J connectivity index is 0.00000312. The van der Waals surface area contributed by atoms with Crippen LogP contribution in [0.3, 0.4) is 0 Å². The van der Waals surface area contributed by atoms with Crippen LogP contribution in [0.5, 0.6) is 0 Å². The lowest BCUT2D eigenvalue weighted by Gasteiger charge is -2.13. The van der Waals surface area contributed by atoms with Crippen molar-refractivity contribution < 1.29 is 35.5 Å². The Kier molecular flexibility index (Phi) is 6.48. The van der Waals surface area contributed by atoms with Crippen molar-refractivity contribution in [3.05, 3.63) is 51.3 Å². The Bertz CT molecular complexity index is 863. The quantitative estimate of drug-likeness (QED) is 0.769. The average Bonchev–Trinajstić information content (AvgIpc) is 2.86. The number of benzene rings is 1. The molecule has 1 aromatic carbocycles. The summed E-state index contributed by atoms with van der Waals surface area (Å²) in [5.74, 6) is -1.28. The molecule has 0 radical (unpaired) electrons. The smallest absolute Gasteiger partial charge is 0.416 e. The van der Waals surface area contributed by atoms with Gasteiger partial charge < -0.3 is 17.5 Å². The topological polar surface area (TPSA) is 78.9 Å². The van der Waals surface area contributed by atoms with E-state index in [1.165, 1.54) is 0 Å². The number of aliphatic carboxylic acids is 1. The first-order chi connectivity index (χ1) is 11.1. The van der Waals surface area contributed by atoms with Gasteiger partial charge in [-0.15, -0.1) is 0 Å². The molecule has 0 fully saturated rings. The number of nitrogens with zero attached hydrogens (tertiary/aromatic N) is 3. The summed E-state index contributed by atoms with van der Waals surface area (Å²) < 4.78 is 39.3. The maximum atomic E-state index is 12.8. The Morgan fingerprint density at radius 2 is 1.88 bits per heavy atom. The van der Waals surface area contributed by atoms with Crippen molar-refractivity contribution in [1.29, 1.82) is 5.26 Å². The van der Waals surface area contributed by atoms with Crippen molar-refractivity contribution in [3.8, 4) is 11.8 Å². The molecule has 0 aliphatic carbocycles. The Morgan fingerprint density at radius 3 is 2.32 bits per heavy atom. The summed E-state index contributed by atoms with van der Waals surface area (Å²) >= 11 is 11.8. The van der Waals surface area contributed by atoms with E-state index < -0.39 is 17.7 Å². The van der Waals surface area contributed by atoms with E-state index in [2.05, 4.69) is 5.10 Å². The number of aromatic nitrogens is 2. The molecule has 0 spiro atoms. The second kappa shape index (κ2) is 7.78. The summed E-state index contributed by atoms with van der Waals surface area (Å²) in [6, 6.07) is 3.13. The molecule has 1 heterocycles. The number of nitriles is 1. The summed E-state index contributed by atoms with van der Waals surface area (Å²) in [5, 5.41) is 20.9. The third kappa shape index (κ3) is 4.45. The first-order valence-corrected chi connectivity index (χ1v) is 6.86. The fraction of sp³-hybridized carbons (Fsp3) is 0.0714. The highest BCUT2D eigenvalue weighted by atomic mass is 35.5. The lowest BCUT2D eigenvalue weighted by molar-refractivity contribution is -0.137. The number of halogens is 6. The van der Waals surface area contributed by atoms with Gasteiger partial charge in [0, 0.05) is 6.08 Å². The fourth-order valence-corrected chi connectivity index (χ4v) is 2.51. The Morgan fingerprint density at radius 1 is 1.32 bits per heavy atom. The van der Waals surface area contributed by atoms with E-state index in [0.717, 1.165) is 23.0 Å². The summed E-state index contributed by atoms with van der Waals surface area (Å²) in [4.78, 5) is 10.7. The van der Waals surface area contributed by atoms with Crippen LogP contribution >= 0.6 is 23.2 Å². The monoisotopic (exact) mass is 410 g/mol. The van der Waals surface area contributed by atoms with E-state index in [-0.39, 0.29) is 39.4 Å². The van der Waals surface area contributed by atoms with Gasteiger partial charge in [-0.05, 0) is 18.2 Å². The number of hydrogen-bond donors (Lipinski definition) is 1. The van der Waals surface area contributed by atoms with E-state index in [1.807, 2.05) is 0 Å². The fourth-order valence-electron chi connectivity index (χ4n) is 1.86. The normalized spacial score (nSPS) is 11.2. The van der Waals surface area contributed by atoms with Gasteiger partial charge >= 0.3 is 12.1 Å². The van der Waals surface area contributed by atoms with Crippen molar-refractivity contribution in [2.24, 2.45) is 0 Å². The molecule has 25 heavy (non-hydrogen) atoms. The van der Waals surface area contributed by atoms with Crippen molar-refractivity contribution >= 4 is 35.2 Å². The zero-order valence-corrected chi connectivity index (χ0v) is 14.1. The minimum absolute atomic E-state index is 0.